The summed E-state index contributed by atoms with van der Waals surface area (Å²) in [6.07, 6.45) is 12.1. The number of nitrogens with one attached hydrogen (secondary N) is 2. The van der Waals surface area contributed by atoms with Gasteiger partial charge in [-0.3, -0.25) is 9.67 Å². The first-order chi connectivity index (χ1) is 17.1. The van der Waals surface area contributed by atoms with Gasteiger partial charge in [0.25, 0.3) is 0 Å². The van der Waals surface area contributed by atoms with Gasteiger partial charge in [-0.1, -0.05) is 11.9 Å². The van der Waals surface area contributed by atoms with Crippen molar-refractivity contribution in [2.24, 2.45) is 0 Å². The number of rotatable bonds is 5. The van der Waals surface area contributed by atoms with Crippen LogP contribution in [0.3, 0.4) is 0 Å². The highest BCUT2D eigenvalue weighted by atomic mass is 32.2. The molecule has 0 amide bonds. The van der Waals surface area contributed by atoms with Gasteiger partial charge in [-0.2, -0.15) is 5.10 Å². The minimum absolute atomic E-state index is 0.434. The van der Waals surface area contributed by atoms with E-state index in [1.165, 1.54) is 11.9 Å². The summed E-state index contributed by atoms with van der Waals surface area (Å²) in [5, 5.41) is 9.84. The average Bonchev–Trinajstić information content (AvgIpc) is 3.42. The number of hydrogen-bond donors (Lipinski definition) is 3. The van der Waals surface area contributed by atoms with Crippen LogP contribution in [0.25, 0.3) is 22.0 Å². The molecule has 176 valence electrons. The van der Waals surface area contributed by atoms with Crippen molar-refractivity contribution in [3.05, 3.63) is 66.3 Å². The van der Waals surface area contributed by atoms with Gasteiger partial charge in [-0.15, -0.1) is 0 Å². The second-order valence-electron chi connectivity index (χ2n) is 8.44. The van der Waals surface area contributed by atoms with Crippen molar-refractivity contribution < 1.29 is 0 Å². The molecule has 11 heteroatoms. The Morgan fingerprint density at radius 1 is 1.09 bits per heavy atom. The number of imidazole rings is 1. The third-order valence-corrected chi connectivity index (χ3v) is 6.69. The summed E-state index contributed by atoms with van der Waals surface area (Å²) in [5.41, 5.74) is 11.2. The Kier molecular flexibility index (Phi) is 5.25. The Morgan fingerprint density at radius 2 is 2.00 bits per heavy atom. The molecule has 0 fully saturated rings. The van der Waals surface area contributed by atoms with Gasteiger partial charge in [0.05, 0.1) is 24.1 Å². The lowest BCUT2D eigenvalue weighted by Crippen LogP contribution is -2.06. The van der Waals surface area contributed by atoms with Crippen molar-refractivity contribution in [2.45, 2.75) is 26.4 Å². The molecule has 4 N–H and O–H groups in total. The van der Waals surface area contributed by atoms with Crippen LogP contribution in [0.5, 0.6) is 0 Å². The number of aromatic nitrogens is 7. The molecule has 0 spiro atoms. The maximum atomic E-state index is 6.32. The molecule has 0 saturated heterocycles. The molecule has 5 aromatic heterocycles. The van der Waals surface area contributed by atoms with Crippen molar-refractivity contribution in [1.29, 1.82) is 0 Å². The van der Waals surface area contributed by atoms with E-state index in [9.17, 15) is 0 Å². The van der Waals surface area contributed by atoms with Gasteiger partial charge in [0.15, 0.2) is 5.82 Å². The topological polar surface area (TPSA) is 124 Å². The molecule has 0 aromatic carbocycles. The molecule has 10 nitrogen and oxygen atoms in total. The number of hydrogen-bond acceptors (Lipinski definition) is 9. The minimum Gasteiger partial charge on any atom is -0.383 e. The molecule has 0 radical (unpaired) electrons. The molecule has 6 heterocycles. The van der Waals surface area contributed by atoms with Crippen LogP contribution in [-0.2, 0) is 19.5 Å². The zero-order valence-electron chi connectivity index (χ0n) is 19.4. The Labute approximate surface area is 206 Å². The van der Waals surface area contributed by atoms with E-state index in [1.54, 1.807) is 6.20 Å². The zero-order valence-corrected chi connectivity index (χ0v) is 20.2. The molecule has 0 atom stereocenters. The van der Waals surface area contributed by atoms with Gasteiger partial charge in [-0.05, 0) is 30.0 Å². The second-order valence-corrected chi connectivity index (χ2v) is 9.05. The molecule has 0 saturated carbocycles. The van der Waals surface area contributed by atoms with Gasteiger partial charge in [0.2, 0.25) is 0 Å². The number of nitrogens with two attached hydrogens (primary N) is 1. The number of pyridine rings is 3. The van der Waals surface area contributed by atoms with Crippen molar-refractivity contribution >= 4 is 45.9 Å². The van der Waals surface area contributed by atoms with Crippen LogP contribution in [0.1, 0.15) is 17.1 Å². The first kappa shape index (κ1) is 21.4. The Balaban J connectivity index is 1.32. The van der Waals surface area contributed by atoms with Gasteiger partial charge < -0.3 is 20.3 Å². The molecule has 0 unspecified atom stereocenters. The first-order valence-electron chi connectivity index (χ1n) is 11.2. The van der Waals surface area contributed by atoms with E-state index >= 15 is 0 Å². The van der Waals surface area contributed by atoms with E-state index in [0.29, 0.717) is 18.2 Å². The van der Waals surface area contributed by atoms with E-state index in [1.807, 2.05) is 54.8 Å². The van der Waals surface area contributed by atoms with Crippen LogP contribution < -0.4 is 15.8 Å². The van der Waals surface area contributed by atoms with Crippen molar-refractivity contribution in [1.82, 2.24) is 34.3 Å². The lowest BCUT2D eigenvalue weighted by molar-refractivity contribution is 0.641. The first-order valence-corrected chi connectivity index (χ1v) is 12.5. The van der Waals surface area contributed by atoms with E-state index in [0.717, 1.165) is 63.6 Å². The highest BCUT2D eigenvalue weighted by molar-refractivity contribution is 7.99. The number of aryl methyl sites for hydroxylation is 2. The van der Waals surface area contributed by atoms with Crippen molar-refractivity contribution in [3.8, 4) is 11.3 Å². The molecule has 5 aromatic rings. The van der Waals surface area contributed by atoms with Crippen LogP contribution >= 0.6 is 11.9 Å². The van der Waals surface area contributed by atoms with Crippen molar-refractivity contribution in [2.75, 3.05) is 22.0 Å². The maximum Gasteiger partial charge on any atom is 0.153 e. The minimum atomic E-state index is 0.434. The number of anilines is 4. The van der Waals surface area contributed by atoms with Gasteiger partial charge in [0, 0.05) is 66.7 Å². The summed E-state index contributed by atoms with van der Waals surface area (Å²) in [6.45, 7) is 3.59. The summed E-state index contributed by atoms with van der Waals surface area (Å²) in [4.78, 5) is 18.0. The summed E-state index contributed by atoms with van der Waals surface area (Å²) >= 11 is 1.53. The summed E-state index contributed by atoms with van der Waals surface area (Å²) < 4.78 is 7.44. The Bertz CT molecular complexity index is 1550. The van der Waals surface area contributed by atoms with Gasteiger partial charge in [0.1, 0.15) is 17.5 Å². The summed E-state index contributed by atoms with van der Waals surface area (Å²) in [6, 6.07) is 6.07. The predicted octanol–water partition coefficient (Wildman–Crippen LogP) is 4.01. The van der Waals surface area contributed by atoms with E-state index in [-0.39, 0.29) is 0 Å². The van der Waals surface area contributed by atoms with Gasteiger partial charge >= 0.3 is 0 Å². The molecular formula is C24H24N10S. The summed E-state index contributed by atoms with van der Waals surface area (Å²) in [7, 11) is 0. The number of nitrogen functional groups attached to an aromatic ring is 1. The van der Waals surface area contributed by atoms with Crippen LogP contribution in [0.4, 0.5) is 23.1 Å². The molecular weight excluding hydrogens is 460 g/mol. The predicted molar refractivity (Wildman–Crippen MR) is 140 cm³/mol. The highest BCUT2D eigenvalue weighted by Crippen LogP contribution is 2.32. The van der Waals surface area contributed by atoms with Gasteiger partial charge in [-0.25, -0.2) is 15.0 Å². The Hall–Kier alpha value is -4.12. The third kappa shape index (κ3) is 3.93. The van der Waals surface area contributed by atoms with Crippen LogP contribution in [0.2, 0.25) is 0 Å². The number of fused-ring (bicyclic) bond motifs is 3. The molecule has 0 bridgehead atoms. The fourth-order valence-corrected chi connectivity index (χ4v) is 4.85. The second kappa shape index (κ2) is 8.58. The van der Waals surface area contributed by atoms with Crippen molar-refractivity contribution in [3.63, 3.8) is 0 Å². The highest BCUT2D eigenvalue weighted by Gasteiger charge is 2.17. The molecule has 0 aliphatic carbocycles. The van der Waals surface area contributed by atoms with E-state index in [2.05, 4.69) is 40.6 Å². The normalized spacial score (nSPS) is 12.7. The summed E-state index contributed by atoms with van der Waals surface area (Å²) in [5.74, 6) is 2.89. The Morgan fingerprint density at radius 3 is 2.89 bits per heavy atom. The van der Waals surface area contributed by atoms with E-state index in [4.69, 9.17) is 10.8 Å². The maximum absolute atomic E-state index is 6.32. The molecule has 35 heavy (non-hydrogen) atoms. The van der Waals surface area contributed by atoms with E-state index < -0.39 is 0 Å². The molecule has 1 aliphatic heterocycles. The van der Waals surface area contributed by atoms with Crippen LogP contribution in [-0.4, -0.2) is 40.5 Å². The van der Waals surface area contributed by atoms with Crippen LogP contribution in [0, 0.1) is 6.92 Å². The fraction of sp³-hybridized carbons (Fsp3) is 0.208. The quantitative estimate of drug-likeness (QED) is 0.317. The smallest absolute Gasteiger partial charge is 0.153 e. The average molecular weight is 485 g/mol. The zero-order chi connectivity index (χ0) is 23.9. The monoisotopic (exact) mass is 484 g/mol. The lowest BCUT2D eigenvalue weighted by atomic mass is 10.0. The molecule has 6 rings (SSSR count). The largest absolute Gasteiger partial charge is 0.383 e. The fourth-order valence-electron chi connectivity index (χ4n) is 4.43. The standard InChI is InChI=1S/C24H24N10S/c1-14-17(10-26-12-20(14)32-35-2)19-7-15-8-21(28-11-18(15)24(25)29-19)30-22-9-16-3-5-33-6-4-27-23(33)13-34(16)31-22/h4,6-12,32H,3,5,13H2,1-2H3,(H2,25,29)(H,28,30,31). The molecule has 1 aliphatic rings. The number of nitrogens with zero attached hydrogens (tertiary/aromatic N) is 7. The lowest BCUT2D eigenvalue weighted by Gasteiger charge is -2.12. The third-order valence-electron chi connectivity index (χ3n) is 6.27. The van der Waals surface area contributed by atoms with Crippen LogP contribution in [0.15, 0.2) is 49.2 Å². The SMILES string of the molecule is CSNc1cncc(-c2cc3cc(Nc4cc5n(n4)Cc4nccn4CC5)ncc3c(N)n2)c1C.